The Labute approximate surface area is 157 Å². The lowest BCUT2D eigenvalue weighted by Gasteiger charge is -2.26. The fraction of sp³-hybridized carbons (Fsp3) is 0.421. The quantitative estimate of drug-likeness (QED) is 0.570. The minimum absolute atomic E-state index is 0.238. The number of likely N-dealkylation sites (tertiary alicyclic amines) is 1. The lowest BCUT2D eigenvalue weighted by Crippen LogP contribution is -2.42. The zero-order valence-electron chi connectivity index (χ0n) is 14.5. The third-order valence-corrected chi connectivity index (χ3v) is 4.98. The predicted molar refractivity (Wildman–Crippen MR) is 105 cm³/mol. The van der Waals surface area contributed by atoms with Crippen LogP contribution in [-0.2, 0) is 6.54 Å². The standard InChI is InChI=1S/C19H25BrN4O/c1-21-19(22-13-15-6-4-7-16(20)12-15)23-14-17(18-8-5-11-25-18)24-9-2-3-10-24/h4-8,11-12,17H,2-3,9-10,13-14H2,1H3,(H2,21,22,23). The molecule has 0 saturated carbocycles. The average molecular weight is 405 g/mol. The van der Waals surface area contributed by atoms with Crippen LogP contribution in [0.1, 0.15) is 30.2 Å². The lowest BCUT2D eigenvalue weighted by molar-refractivity contribution is 0.215. The summed E-state index contributed by atoms with van der Waals surface area (Å²) in [6.07, 6.45) is 4.26. The molecule has 0 bridgehead atoms. The molecule has 2 aromatic rings. The molecule has 0 radical (unpaired) electrons. The number of benzene rings is 1. The van der Waals surface area contributed by atoms with E-state index in [1.54, 1.807) is 13.3 Å². The van der Waals surface area contributed by atoms with Gasteiger partial charge in [0, 0.05) is 24.6 Å². The summed E-state index contributed by atoms with van der Waals surface area (Å²) in [6.45, 7) is 3.74. The van der Waals surface area contributed by atoms with Crippen LogP contribution in [0.3, 0.4) is 0 Å². The molecule has 1 aliphatic rings. The van der Waals surface area contributed by atoms with Crippen LogP contribution in [-0.4, -0.2) is 37.5 Å². The third kappa shape index (κ3) is 5.09. The van der Waals surface area contributed by atoms with Gasteiger partial charge in [0.15, 0.2) is 5.96 Å². The van der Waals surface area contributed by atoms with Crippen molar-refractivity contribution >= 4 is 21.9 Å². The fourth-order valence-corrected chi connectivity index (χ4v) is 3.64. The van der Waals surface area contributed by atoms with E-state index in [1.165, 1.54) is 18.4 Å². The Morgan fingerprint density at radius 1 is 1.24 bits per heavy atom. The third-order valence-electron chi connectivity index (χ3n) is 4.49. The highest BCUT2D eigenvalue weighted by atomic mass is 79.9. The SMILES string of the molecule is CN=C(NCc1cccc(Br)c1)NCC(c1ccco1)N1CCCC1. The van der Waals surface area contributed by atoms with Crippen molar-refractivity contribution in [1.82, 2.24) is 15.5 Å². The van der Waals surface area contributed by atoms with Gasteiger partial charge in [-0.15, -0.1) is 0 Å². The van der Waals surface area contributed by atoms with Gasteiger partial charge in [-0.25, -0.2) is 0 Å². The monoisotopic (exact) mass is 404 g/mol. The Balaban J connectivity index is 1.57. The van der Waals surface area contributed by atoms with Crippen molar-refractivity contribution in [3.63, 3.8) is 0 Å². The van der Waals surface area contributed by atoms with Crippen molar-refractivity contribution in [3.8, 4) is 0 Å². The largest absolute Gasteiger partial charge is 0.468 e. The molecule has 134 valence electrons. The number of rotatable bonds is 6. The molecule has 5 nitrogen and oxygen atoms in total. The van der Waals surface area contributed by atoms with Gasteiger partial charge < -0.3 is 15.1 Å². The number of hydrogen-bond donors (Lipinski definition) is 2. The Kier molecular flexibility index (Phi) is 6.53. The van der Waals surface area contributed by atoms with Gasteiger partial charge in [-0.3, -0.25) is 9.89 Å². The summed E-state index contributed by atoms with van der Waals surface area (Å²) in [5.74, 6) is 1.81. The number of nitrogens with zero attached hydrogens (tertiary/aromatic N) is 2. The van der Waals surface area contributed by atoms with Crippen LogP contribution in [0.25, 0.3) is 0 Å². The first-order chi connectivity index (χ1) is 12.3. The van der Waals surface area contributed by atoms with Gasteiger partial charge in [0.2, 0.25) is 0 Å². The van der Waals surface area contributed by atoms with Crippen molar-refractivity contribution in [1.29, 1.82) is 0 Å². The second-order valence-corrected chi connectivity index (χ2v) is 7.13. The molecular formula is C19H25BrN4O. The Hall–Kier alpha value is -1.79. The summed E-state index contributed by atoms with van der Waals surface area (Å²) in [5, 5.41) is 6.82. The first kappa shape index (κ1) is 18.0. The number of furan rings is 1. The highest BCUT2D eigenvalue weighted by Gasteiger charge is 2.25. The second kappa shape index (κ2) is 9.06. The number of guanidine groups is 1. The molecule has 1 aromatic carbocycles. The molecular weight excluding hydrogens is 380 g/mol. The Morgan fingerprint density at radius 2 is 2.08 bits per heavy atom. The van der Waals surface area contributed by atoms with Crippen LogP contribution in [0.15, 0.2) is 56.5 Å². The van der Waals surface area contributed by atoms with Crippen LogP contribution in [0.2, 0.25) is 0 Å². The highest BCUT2D eigenvalue weighted by molar-refractivity contribution is 9.10. The molecule has 1 saturated heterocycles. The van der Waals surface area contributed by atoms with Gasteiger partial charge in [0.25, 0.3) is 0 Å². The average Bonchev–Trinajstić information content (AvgIpc) is 3.32. The van der Waals surface area contributed by atoms with Crippen molar-refractivity contribution < 1.29 is 4.42 Å². The minimum Gasteiger partial charge on any atom is -0.468 e. The van der Waals surface area contributed by atoms with E-state index in [1.807, 2.05) is 18.2 Å². The van der Waals surface area contributed by atoms with Crippen LogP contribution >= 0.6 is 15.9 Å². The van der Waals surface area contributed by atoms with Crippen LogP contribution < -0.4 is 10.6 Å². The number of hydrogen-bond acceptors (Lipinski definition) is 3. The maximum Gasteiger partial charge on any atom is 0.191 e. The summed E-state index contributed by atoms with van der Waals surface area (Å²) in [7, 11) is 1.80. The topological polar surface area (TPSA) is 52.8 Å². The maximum atomic E-state index is 5.67. The van der Waals surface area contributed by atoms with Gasteiger partial charge in [-0.1, -0.05) is 28.1 Å². The number of halogens is 1. The predicted octanol–water partition coefficient (Wildman–Crippen LogP) is 3.54. The van der Waals surface area contributed by atoms with E-state index < -0.39 is 0 Å². The van der Waals surface area contributed by atoms with Crippen molar-refractivity contribution in [3.05, 3.63) is 58.5 Å². The first-order valence-corrected chi connectivity index (χ1v) is 9.52. The Bertz CT molecular complexity index is 680. The van der Waals surface area contributed by atoms with Crippen molar-refractivity contribution in [2.45, 2.75) is 25.4 Å². The zero-order valence-corrected chi connectivity index (χ0v) is 16.1. The normalized spacial score (nSPS) is 16.8. The highest BCUT2D eigenvalue weighted by Crippen LogP contribution is 2.24. The van der Waals surface area contributed by atoms with E-state index in [-0.39, 0.29) is 6.04 Å². The minimum atomic E-state index is 0.238. The lowest BCUT2D eigenvalue weighted by atomic mass is 10.2. The zero-order chi connectivity index (χ0) is 17.5. The summed E-state index contributed by atoms with van der Waals surface area (Å²) in [6, 6.07) is 12.5. The molecule has 0 amide bonds. The van der Waals surface area contributed by atoms with Crippen molar-refractivity contribution in [2.24, 2.45) is 4.99 Å². The molecule has 1 atom stereocenters. The molecule has 1 aliphatic heterocycles. The van der Waals surface area contributed by atoms with Gasteiger partial charge in [-0.05, 0) is 55.8 Å². The van der Waals surface area contributed by atoms with E-state index in [0.29, 0.717) is 0 Å². The van der Waals surface area contributed by atoms with Gasteiger partial charge in [0.1, 0.15) is 5.76 Å². The molecule has 2 heterocycles. The molecule has 6 heteroatoms. The number of nitrogens with one attached hydrogen (secondary N) is 2. The Morgan fingerprint density at radius 3 is 2.76 bits per heavy atom. The number of aliphatic imine (C=N–C) groups is 1. The summed E-state index contributed by atoms with van der Waals surface area (Å²) < 4.78 is 6.75. The molecule has 25 heavy (non-hydrogen) atoms. The van der Waals surface area contributed by atoms with Crippen LogP contribution in [0, 0.1) is 0 Å². The van der Waals surface area contributed by atoms with Gasteiger partial charge in [0.05, 0.1) is 12.3 Å². The van der Waals surface area contributed by atoms with E-state index in [0.717, 1.165) is 42.4 Å². The van der Waals surface area contributed by atoms with Gasteiger partial charge >= 0.3 is 0 Å². The van der Waals surface area contributed by atoms with E-state index >= 15 is 0 Å². The molecule has 1 fully saturated rings. The van der Waals surface area contributed by atoms with Crippen LogP contribution in [0.5, 0.6) is 0 Å². The smallest absolute Gasteiger partial charge is 0.191 e. The van der Waals surface area contributed by atoms with E-state index in [2.05, 4.69) is 54.7 Å². The molecule has 0 aliphatic carbocycles. The molecule has 1 aromatic heterocycles. The second-order valence-electron chi connectivity index (χ2n) is 6.21. The van der Waals surface area contributed by atoms with Gasteiger partial charge in [-0.2, -0.15) is 0 Å². The molecule has 0 spiro atoms. The maximum absolute atomic E-state index is 5.67. The molecule has 2 N–H and O–H groups in total. The van der Waals surface area contributed by atoms with Crippen LogP contribution in [0.4, 0.5) is 0 Å². The van der Waals surface area contributed by atoms with E-state index in [4.69, 9.17) is 4.42 Å². The molecule has 1 unspecified atom stereocenters. The summed E-state index contributed by atoms with van der Waals surface area (Å²) in [5.41, 5.74) is 1.21. The summed E-state index contributed by atoms with van der Waals surface area (Å²) in [4.78, 5) is 6.82. The summed E-state index contributed by atoms with van der Waals surface area (Å²) >= 11 is 3.51. The van der Waals surface area contributed by atoms with Crippen molar-refractivity contribution in [2.75, 3.05) is 26.7 Å². The fourth-order valence-electron chi connectivity index (χ4n) is 3.19. The van der Waals surface area contributed by atoms with E-state index in [9.17, 15) is 0 Å². The first-order valence-electron chi connectivity index (χ1n) is 8.72. The molecule has 3 rings (SSSR count).